The van der Waals surface area contributed by atoms with Crippen molar-refractivity contribution in [2.24, 2.45) is 0 Å². The average Bonchev–Trinajstić information content (AvgIpc) is 2.45. The van der Waals surface area contributed by atoms with Crippen LogP contribution >= 0.6 is 15.9 Å². The van der Waals surface area contributed by atoms with Crippen LogP contribution in [0.3, 0.4) is 0 Å². The van der Waals surface area contributed by atoms with Crippen molar-refractivity contribution in [2.75, 3.05) is 18.1 Å². The zero-order chi connectivity index (χ0) is 14.8. The highest BCUT2D eigenvalue weighted by molar-refractivity contribution is 9.09. The molecule has 1 heterocycles. The van der Waals surface area contributed by atoms with Gasteiger partial charge in [-0.1, -0.05) is 15.9 Å². The molecular weight excluding hydrogens is 342 g/mol. The number of benzene rings is 1. The van der Waals surface area contributed by atoms with E-state index in [0.717, 1.165) is 37.4 Å². The number of carbonyl (C=O) groups is 1. The Kier molecular flexibility index (Phi) is 4.86. The van der Waals surface area contributed by atoms with Crippen LogP contribution < -0.4 is 0 Å². The lowest BCUT2D eigenvalue weighted by atomic mass is 10.0. The van der Waals surface area contributed by atoms with Crippen molar-refractivity contribution >= 4 is 31.7 Å². The van der Waals surface area contributed by atoms with Crippen molar-refractivity contribution in [2.45, 2.75) is 30.2 Å². The van der Waals surface area contributed by atoms with Gasteiger partial charge in [0.05, 0.1) is 4.90 Å². The van der Waals surface area contributed by atoms with E-state index >= 15 is 0 Å². The lowest BCUT2D eigenvalue weighted by Gasteiger charge is -2.34. The summed E-state index contributed by atoms with van der Waals surface area (Å²) in [6.45, 7) is 0.767. The van der Waals surface area contributed by atoms with Crippen LogP contribution in [0.25, 0.3) is 0 Å². The van der Waals surface area contributed by atoms with Gasteiger partial charge in [-0.2, -0.15) is 0 Å². The molecule has 4 nitrogen and oxygen atoms in total. The fourth-order valence-electron chi connectivity index (χ4n) is 2.44. The molecule has 1 unspecified atom stereocenters. The molecule has 0 radical (unpaired) electrons. The smallest absolute Gasteiger partial charge is 0.254 e. The maximum atomic E-state index is 12.5. The monoisotopic (exact) mass is 359 g/mol. The van der Waals surface area contributed by atoms with Crippen molar-refractivity contribution in [3.05, 3.63) is 29.8 Å². The van der Waals surface area contributed by atoms with E-state index in [4.69, 9.17) is 0 Å². The third kappa shape index (κ3) is 3.41. The normalized spacial score (nSPS) is 19.9. The highest BCUT2D eigenvalue weighted by atomic mass is 79.9. The molecule has 0 spiro atoms. The summed E-state index contributed by atoms with van der Waals surface area (Å²) in [6, 6.07) is 6.41. The van der Waals surface area contributed by atoms with Gasteiger partial charge in [0.15, 0.2) is 9.84 Å². The largest absolute Gasteiger partial charge is 0.335 e. The maximum Gasteiger partial charge on any atom is 0.254 e. The molecule has 0 aromatic heterocycles. The van der Waals surface area contributed by atoms with E-state index in [1.165, 1.54) is 12.1 Å². The van der Waals surface area contributed by atoms with Crippen LogP contribution in [-0.2, 0) is 9.84 Å². The second kappa shape index (κ2) is 6.26. The SMILES string of the molecule is CS(=O)(=O)c1ccc(C(=O)N2CCCCC2CBr)cc1. The highest BCUT2D eigenvalue weighted by Gasteiger charge is 2.26. The third-order valence-corrected chi connectivity index (χ3v) is 5.47. The summed E-state index contributed by atoms with van der Waals surface area (Å²) in [7, 11) is -3.22. The second-order valence-electron chi connectivity index (χ2n) is 5.10. The van der Waals surface area contributed by atoms with E-state index in [0.29, 0.717) is 5.56 Å². The van der Waals surface area contributed by atoms with Gasteiger partial charge in [0.2, 0.25) is 0 Å². The average molecular weight is 360 g/mol. The number of piperidine rings is 1. The lowest BCUT2D eigenvalue weighted by Crippen LogP contribution is -2.44. The quantitative estimate of drug-likeness (QED) is 0.779. The van der Waals surface area contributed by atoms with Gasteiger partial charge < -0.3 is 4.90 Å². The summed E-state index contributed by atoms with van der Waals surface area (Å²) < 4.78 is 22.8. The number of sulfone groups is 1. The lowest BCUT2D eigenvalue weighted by molar-refractivity contribution is 0.0642. The van der Waals surface area contributed by atoms with E-state index < -0.39 is 9.84 Å². The molecule has 0 aliphatic carbocycles. The fraction of sp³-hybridized carbons (Fsp3) is 0.500. The predicted octanol–water partition coefficient (Wildman–Crippen LogP) is 2.48. The maximum absolute atomic E-state index is 12.5. The molecule has 1 amide bonds. The standard InChI is InChI=1S/C14H18BrNO3S/c1-20(18,19)13-7-5-11(6-8-13)14(17)16-9-3-2-4-12(16)10-15/h5-8,12H,2-4,9-10H2,1H3. The number of rotatable bonds is 3. The molecule has 1 saturated heterocycles. The Hall–Kier alpha value is -0.880. The van der Waals surface area contributed by atoms with Crippen LogP contribution in [0, 0.1) is 0 Å². The number of hydrogen-bond acceptors (Lipinski definition) is 3. The number of likely N-dealkylation sites (tertiary alicyclic amines) is 1. The van der Waals surface area contributed by atoms with Crippen molar-refractivity contribution in [3.8, 4) is 0 Å². The molecule has 2 rings (SSSR count). The van der Waals surface area contributed by atoms with E-state index in [1.54, 1.807) is 12.1 Å². The van der Waals surface area contributed by atoms with Crippen LogP contribution in [0.5, 0.6) is 0 Å². The summed E-state index contributed by atoms with van der Waals surface area (Å²) in [5.74, 6) is -0.0193. The Balaban J connectivity index is 2.20. The molecular formula is C14H18BrNO3S. The van der Waals surface area contributed by atoms with Crippen molar-refractivity contribution in [1.29, 1.82) is 0 Å². The first-order chi connectivity index (χ1) is 9.43. The Bertz CT molecular complexity index is 583. The van der Waals surface area contributed by atoms with Crippen LogP contribution in [0.2, 0.25) is 0 Å². The Morgan fingerprint density at radius 3 is 2.50 bits per heavy atom. The minimum atomic E-state index is -3.22. The minimum Gasteiger partial charge on any atom is -0.335 e. The van der Waals surface area contributed by atoms with E-state index in [-0.39, 0.29) is 16.8 Å². The van der Waals surface area contributed by atoms with Gasteiger partial charge in [0.1, 0.15) is 0 Å². The minimum absolute atomic E-state index is 0.0193. The first-order valence-corrected chi connectivity index (χ1v) is 9.62. The topological polar surface area (TPSA) is 54.5 Å². The highest BCUT2D eigenvalue weighted by Crippen LogP contribution is 2.21. The first-order valence-electron chi connectivity index (χ1n) is 6.60. The van der Waals surface area contributed by atoms with Crippen molar-refractivity contribution in [1.82, 2.24) is 4.90 Å². The molecule has 1 aromatic rings. The van der Waals surface area contributed by atoms with E-state index in [9.17, 15) is 13.2 Å². The molecule has 1 fully saturated rings. The van der Waals surface area contributed by atoms with Crippen molar-refractivity contribution in [3.63, 3.8) is 0 Å². The summed E-state index contributed by atoms with van der Waals surface area (Å²) in [4.78, 5) is 14.6. The van der Waals surface area contributed by atoms with Crippen LogP contribution in [-0.4, -0.2) is 43.4 Å². The summed E-state index contributed by atoms with van der Waals surface area (Å²) in [6.07, 6.45) is 4.34. The second-order valence-corrected chi connectivity index (χ2v) is 7.76. The molecule has 0 N–H and O–H groups in total. The third-order valence-electron chi connectivity index (χ3n) is 3.60. The molecule has 0 bridgehead atoms. The van der Waals surface area contributed by atoms with Gasteiger partial charge >= 0.3 is 0 Å². The Morgan fingerprint density at radius 1 is 1.30 bits per heavy atom. The number of halogens is 1. The molecule has 1 aromatic carbocycles. The Labute approximate surface area is 128 Å². The zero-order valence-electron chi connectivity index (χ0n) is 11.4. The molecule has 1 atom stereocenters. The predicted molar refractivity (Wildman–Crippen MR) is 82.0 cm³/mol. The molecule has 0 saturated carbocycles. The van der Waals surface area contributed by atoms with Gasteiger partial charge in [0.25, 0.3) is 5.91 Å². The van der Waals surface area contributed by atoms with Crippen LogP contribution in [0.1, 0.15) is 29.6 Å². The summed E-state index contributed by atoms with van der Waals surface area (Å²) in [5, 5.41) is 0.778. The van der Waals surface area contributed by atoms with Crippen molar-refractivity contribution < 1.29 is 13.2 Å². The Morgan fingerprint density at radius 2 is 1.95 bits per heavy atom. The summed E-state index contributed by atoms with van der Waals surface area (Å²) >= 11 is 3.46. The molecule has 1 aliphatic rings. The van der Waals surface area contributed by atoms with Gasteiger partial charge in [0, 0.05) is 29.7 Å². The molecule has 6 heteroatoms. The number of hydrogen-bond donors (Lipinski definition) is 0. The number of carbonyl (C=O) groups excluding carboxylic acids is 1. The number of alkyl halides is 1. The molecule has 110 valence electrons. The van der Waals surface area contributed by atoms with E-state index in [2.05, 4.69) is 15.9 Å². The zero-order valence-corrected chi connectivity index (χ0v) is 13.8. The first kappa shape index (κ1) is 15.5. The summed E-state index contributed by atoms with van der Waals surface area (Å²) in [5.41, 5.74) is 0.547. The van der Waals surface area contributed by atoms with E-state index in [1.807, 2.05) is 4.90 Å². The van der Waals surface area contributed by atoms with Crippen LogP contribution in [0.4, 0.5) is 0 Å². The number of amides is 1. The number of nitrogens with zero attached hydrogens (tertiary/aromatic N) is 1. The van der Waals surface area contributed by atoms with Gasteiger partial charge in [-0.05, 0) is 43.5 Å². The molecule has 20 heavy (non-hydrogen) atoms. The van der Waals surface area contributed by atoms with Crippen LogP contribution in [0.15, 0.2) is 29.2 Å². The van der Waals surface area contributed by atoms with Gasteiger partial charge in [-0.25, -0.2) is 8.42 Å². The van der Waals surface area contributed by atoms with Gasteiger partial charge in [-0.3, -0.25) is 4.79 Å². The fourth-order valence-corrected chi connectivity index (χ4v) is 3.74. The molecule has 1 aliphatic heterocycles. The van der Waals surface area contributed by atoms with Gasteiger partial charge in [-0.15, -0.1) is 0 Å².